The minimum Gasteiger partial charge on any atom is -0.491 e. The van der Waals surface area contributed by atoms with Crippen molar-refractivity contribution in [1.82, 2.24) is 0 Å². The number of hydrogen-bond acceptors (Lipinski definition) is 2. The van der Waals surface area contributed by atoms with Gasteiger partial charge in [0.15, 0.2) is 0 Å². The second-order valence-electron chi connectivity index (χ2n) is 4.09. The molecule has 1 rings (SSSR count). The first-order chi connectivity index (χ1) is 6.91. The predicted octanol–water partition coefficient (Wildman–Crippen LogP) is 3.46. The van der Waals surface area contributed by atoms with E-state index >= 15 is 0 Å². The highest BCUT2D eigenvalue weighted by Gasteiger charge is 2.12. The van der Waals surface area contributed by atoms with Crippen LogP contribution < -0.4 is 10.5 Å². The van der Waals surface area contributed by atoms with Gasteiger partial charge in [-0.3, -0.25) is 0 Å². The molecule has 0 fully saturated rings. The maximum atomic E-state index is 6.06. The summed E-state index contributed by atoms with van der Waals surface area (Å²) in [6, 6.07) is 3.76. The predicted molar refractivity (Wildman–Crippen MR) is 64.6 cm³/mol. The molecule has 0 spiro atoms. The quantitative estimate of drug-likeness (QED) is 0.859. The van der Waals surface area contributed by atoms with Gasteiger partial charge in [0.1, 0.15) is 5.75 Å². The van der Waals surface area contributed by atoms with Crippen LogP contribution in [0.25, 0.3) is 0 Å². The van der Waals surface area contributed by atoms with E-state index in [0.717, 1.165) is 21.9 Å². The van der Waals surface area contributed by atoms with E-state index < -0.39 is 0 Å². The fraction of sp³-hybridized carbons (Fsp3) is 0.500. The Bertz CT molecular complexity index is 348. The van der Waals surface area contributed by atoms with Gasteiger partial charge in [0.05, 0.1) is 6.10 Å². The Morgan fingerprint density at radius 1 is 1.27 bits per heavy atom. The lowest BCUT2D eigenvalue weighted by Crippen LogP contribution is -2.12. The molecule has 2 nitrogen and oxygen atoms in total. The number of nitrogens with two attached hydrogens (primary N) is 1. The van der Waals surface area contributed by atoms with Crippen molar-refractivity contribution in [2.75, 3.05) is 0 Å². The maximum Gasteiger partial charge on any atom is 0.124 e. The van der Waals surface area contributed by atoms with E-state index in [2.05, 4.69) is 0 Å². The summed E-state index contributed by atoms with van der Waals surface area (Å²) in [5, 5.41) is 0.735. The van der Waals surface area contributed by atoms with Gasteiger partial charge in [-0.15, -0.1) is 0 Å². The summed E-state index contributed by atoms with van der Waals surface area (Å²) < 4.78 is 5.70. The average molecular weight is 228 g/mol. The molecule has 1 unspecified atom stereocenters. The summed E-state index contributed by atoms with van der Waals surface area (Å²) in [6.07, 6.45) is 0.142. The topological polar surface area (TPSA) is 35.2 Å². The molecule has 0 heterocycles. The van der Waals surface area contributed by atoms with E-state index in [-0.39, 0.29) is 12.1 Å². The van der Waals surface area contributed by atoms with E-state index in [4.69, 9.17) is 22.1 Å². The lowest BCUT2D eigenvalue weighted by Gasteiger charge is -2.17. The first kappa shape index (κ1) is 12.3. The number of rotatable bonds is 3. The highest BCUT2D eigenvalue weighted by atomic mass is 35.5. The van der Waals surface area contributed by atoms with Gasteiger partial charge in [0.2, 0.25) is 0 Å². The Balaban J connectivity index is 3.16. The molecule has 1 aromatic rings. The minimum absolute atomic E-state index is 0.0724. The second kappa shape index (κ2) is 4.86. The van der Waals surface area contributed by atoms with Crippen molar-refractivity contribution in [3.8, 4) is 5.75 Å². The molecule has 0 amide bonds. The molecule has 15 heavy (non-hydrogen) atoms. The molecule has 0 bridgehead atoms. The number of benzene rings is 1. The molecule has 0 aromatic heterocycles. The lowest BCUT2D eigenvalue weighted by molar-refractivity contribution is 0.239. The summed E-state index contributed by atoms with van der Waals surface area (Å²) in [4.78, 5) is 0. The summed E-state index contributed by atoms with van der Waals surface area (Å²) in [5.41, 5.74) is 7.84. The summed E-state index contributed by atoms with van der Waals surface area (Å²) in [7, 11) is 0. The van der Waals surface area contributed by atoms with Crippen LogP contribution >= 0.6 is 11.6 Å². The SMILES string of the molecule is Cc1cc(OC(C)C)c(C(C)N)cc1Cl. The third-order valence-corrected chi connectivity index (χ3v) is 2.55. The van der Waals surface area contributed by atoms with Crippen molar-refractivity contribution in [1.29, 1.82) is 0 Å². The third kappa shape index (κ3) is 3.11. The molecule has 2 N–H and O–H groups in total. The molecule has 0 aliphatic carbocycles. The Morgan fingerprint density at radius 2 is 1.87 bits per heavy atom. The van der Waals surface area contributed by atoms with Gasteiger partial charge in [-0.1, -0.05) is 11.6 Å². The van der Waals surface area contributed by atoms with Gasteiger partial charge in [0, 0.05) is 16.6 Å². The maximum absolute atomic E-state index is 6.06. The highest BCUT2D eigenvalue weighted by Crippen LogP contribution is 2.30. The molecule has 3 heteroatoms. The fourth-order valence-electron chi connectivity index (χ4n) is 1.38. The van der Waals surface area contributed by atoms with Crippen molar-refractivity contribution >= 4 is 11.6 Å². The zero-order valence-electron chi connectivity index (χ0n) is 9.67. The molecule has 1 atom stereocenters. The number of aryl methyl sites for hydroxylation is 1. The van der Waals surface area contributed by atoms with Crippen LogP contribution in [0, 0.1) is 6.92 Å². The third-order valence-electron chi connectivity index (χ3n) is 2.14. The van der Waals surface area contributed by atoms with Crippen LogP contribution in [0.5, 0.6) is 5.75 Å². The van der Waals surface area contributed by atoms with Crippen molar-refractivity contribution in [2.45, 2.75) is 39.8 Å². The smallest absolute Gasteiger partial charge is 0.124 e. The van der Waals surface area contributed by atoms with Crippen molar-refractivity contribution in [3.63, 3.8) is 0 Å². The van der Waals surface area contributed by atoms with Crippen LogP contribution in [0.3, 0.4) is 0 Å². The standard InChI is InChI=1S/C12H18ClNO/c1-7(2)15-12-5-8(3)11(13)6-10(12)9(4)14/h5-7,9H,14H2,1-4H3. The molecule has 0 radical (unpaired) electrons. The normalized spacial score (nSPS) is 13.0. The lowest BCUT2D eigenvalue weighted by atomic mass is 10.1. The van der Waals surface area contributed by atoms with Gasteiger partial charge in [0.25, 0.3) is 0 Å². The zero-order chi connectivity index (χ0) is 11.6. The van der Waals surface area contributed by atoms with Crippen molar-refractivity contribution in [3.05, 3.63) is 28.3 Å². The second-order valence-corrected chi connectivity index (χ2v) is 4.50. The van der Waals surface area contributed by atoms with Gasteiger partial charge in [-0.2, -0.15) is 0 Å². The van der Waals surface area contributed by atoms with E-state index in [1.54, 1.807) is 0 Å². The van der Waals surface area contributed by atoms with Crippen LogP contribution in [0.15, 0.2) is 12.1 Å². The van der Waals surface area contributed by atoms with Gasteiger partial charge >= 0.3 is 0 Å². The average Bonchev–Trinajstić information content (AvgIpc) is 2.09. The van der Waals surface area contributed by atoms with Gasteiger partial charge in [-0.05, 0) is 45.4 Å². The monoisotopic (exact) mass is 227 g/mol. The Kier molecular flexibility index (Phi) is 4.00. The number of halogens is 1. The van der Waals surface area contributed by atoms with Crippen LogP contribution in [0.2, 0.25) is 5.02 Å². The van der Waals surface area contributed by atoms with Gasteiger partial charge in [-0.25, -0.2) is 0 Å². The van der Waals surface area contributed by atoms with Crippen LogP contribution in [0.4, 0.5) is 0 Å². The molecule has 1 aromatic carbocycles. The van der Waals surface area contributed by atoms with Crippen molar-refractivity contribution < 1.29 is 4.74 Å². The Labute approximate surface area is 96.4 Å². The molecule has 0 saturated heterocycles. The molecule has 0 aliphatic rings. The number of ether oxygens (including phenoxy) is 1. The Morgan fingerprint density at radius 3 is 2.33 bits per heavy atom. The van der Waals surface area contributed by atoms with E-state index in [1.807, 2.05) is 39.8 Å². The highest BCUT2D eigenvalue weighted by molar-refractivity contribution is 6.31. The summed E-state index contributed by atoms with van der Waals surface area (Å²) in [6.45, 7) is 7.87. The molecule has 0 aliphatic heterocycles. The van der Waals surface area contributed by atoms with Gasteiger partial charge < -0.3 is 10.5 Å². The largest absolute Gasteiger partial charge is 0.491 e. The van der Waals surface area contributed by atoms with E-state index in [0.29, 0.717) is 0 Å². The molecule has 0 saturated carbocycles. The summed E-state index contributed by atoms with van der Waals surface area (Å²) >= 11 is 6.06. The molecular formula is C12H18ClNO. The van der Waals surface area contributed by atoms with E-state index in [9.17, 15) is 0 Å². The van der Waals surface area contributed by atoms with Crippen LogP contribution in [0.1, 0.15) is 37.9 Å². The zero-order valence-corrected chi connectivity index (χ0v) is 10.4. The molecular weight excluding hydrogens is 210 g/mol. The Hall–Kier alpha value is -0.730. The minimum atomic E-state index is -0.0724. The summed E-state index contributed by atoms with van der Waals surface area (Å²) in [5.74, 6) is 0.835. The van der Waals surface area contributed by atoms with Crippen molar-refractivity contribution in [2.24, 2.45) is 5.73 Å². The first-order valence-electron chi connectivity index (χ1n) is 5.14. The van der Waals surface area contributed by atoms with Crippen LogP contribution in [-0.2, 0) is 0 Å². The first-order valence-corrected chi connectivity index (χ1v) is 5.52. The fourth-order valence-corrected chi connectivity index (χ4v) is 1.55. The molecule has 84 valence electrons. The van der Waals surface area contributed by atoms with E-state index in [1.165, 1.54) is 0 Å². The number of hydrogen-bond donors (Lipinski definition) is 1. The van der Waals surface area contributed by atoms with Crippen LogP contribution in [-0.4, -0.2) is 6.10 Å².